The lowest BCUT2D eigenvalue weighted by atomic mass is 10.2. The molecule has 1 aliphatic heterocycles. The van der Waals surface area contributed by atoms with Gasteiger partial charge in [-0.25, -0.2) is 0 Å². The number of aromatic nitrogens is 2. The fourth-order valence-corrected chi connectivity index (χ4v) is 1.71. The SMILES string of the molecule is CN1CCC[C@H]1c1nc(CN)no1. The smallest absolute Gasteiger partial charge is 0.244 e. The Hall–Kier alpha value is -0.940. The van der Waals surface area contributed by atoms with Crippen molar-refractivity contribution in [3.05, 3.63) is 11.7 Å². The van der Waals surface area contributed by atoms with Crippen LogP contribution < -0.4 is 5.73 Å². The molecule has 1 saturated heterocycles. The Morgan fingerprint density at radius 1 is 1.69 bits per heavy atom. The summed E-state index contributed by atoms with van der Waals surface area (Å²) >= 11 is 0. The highest BCUT2D eigenvalue weighted by molar-refractivity contribution is 4.95. The minimum atomic E-state index is 0.299. The Balaban J connectivity index is 2.15. The average Bonchev–Trinajstić information content (AvgIpc) is 2.71. The maximum Gasteiger partial charge on any atom is 0.244 e. The van der Waals surface area contributed by atoms with Crippen LogP contribution in [-0.4, -0.2) is 28.6 Å². The number of likely N-dealkylation sites (tertiary alicyclic amines) is 1. The van der Waals surface area contributed by atoms with Crippen LogP contribution in [0.3, 0.4) is 0 Å². The van der Waals surface area contributed by atoms with Gasteiger partial charge in [0.2, 0.25) is 5.89 Å². The Morgan fingerprint density at radius 2 is 2.54 bits per heavy atom. The molecular weight excluding hydrogens is 168 g/mol. The molecule has 1 atom stereocenters. The zero-order chi connectivity index (χ0) is 9.26. The Bertz CT molecular complexity index is 285. The number of nitrogens with zero attached hydrogens (tertiary/aromatic N) is 3. The largest absolute Gasteiger partial charge is 0.338 e. The van der Waals surface area contributed by atoms with Crippen LogP contribution >= 0.6 is 0 Å². The number of hydrogen-bond acceptors (Lipinski definition) is 5. The molecule has 2 heterocycles. The highest BCUT2D eigenvalue weighted by Crippen LogP contribution is 2.28. The van der Waals surface area contributed by atoms with Gasteiger partial charge in [-0.2, -0.15) is 4.98 Å². The molecule has 0 amide bonds. The summed E-state index contributed by atoms with van der Waals surface area (Å²) in [7, 11) is 2.07. The zero-order valence-corrected chi connectivity index (χ0v) is 7.73. The third kappa shape index (κ3) is 1.57. The third-order valence-corrected chi connectivity index (χ3v) is 2.47. The predicted octanol–water partition coefficient (Wildman–Crippen LogP) is 0.295. The van der Waals surface area contributed by atoms with Crippen LogP contribution in [0.25, 0.3) is 0 Å². The lowest BCUT2D eigenvalue weighted by Gasteiger charge is -2.14. The topological polar surface area (TPSA) is 68.2 Å². The average molecular weight is 182 g/mol. The molecule has 0 bridgehead atoms. The van der Waals surface area contributed by atoms with Crippen LogP contribution in [0.4, 0.5) is 0 Å². The van der Waals surface area contributed by atoms with E-state index in [2.05, 4.69) is 22.1 Å². The van der Waals surface area contributed by atoms with Gasteiger partial charge in [0.25, 0.3) is 0 Å². The zero-order valence-electron chi connectivity index (χ0n) is 7.73. The summed E-state index contributed by atoms with van der Waals surface area (Å²) in [5.41, 5.74) is 5.40. The molecule has 0 spiro atoms. The van der Waals surface area contributed by atoms with Crippen LogP contribution in [0.5, 0.6) is 0 Å². The van der Waals surface area contributed by atoms with Gasteiger partial charge >= 0.3 is 0 Å². The van der Waals surface area contributed by atoms with Crippen LogP contribution in [-0.2, 0) is 6.54 Å². The molecule has 0 aliphatic carbocycles. The van der Waals surface area contributed by atoms with Crippen molar-refractivity contribution in [1.82, 2.24) is 15.0 Å². The van der Waals surface area contributed by atoms with Gasteiger partial charge < -0.3 is 10.3 Å². The van der Waals surface area contributed by atoms with E-state index in [1.165, 1.54) is 6.42 Å². The van der Waals surface area contributed by atoms with Crippen molar-refractivity contribution in [2.75, 3.05) is 13.6 Å². The van der Waals surface area contributed by atoms with Crippen molar-refractivity contribution in [1.29, 1.82) is 0 Å². The number of nitrogens with two attached hydrogens (primary N) is 1. The summed E-state index contributed by atoms with van der Waals surface area (Å²) < 4.78 is 5.13. The van der Waals surface area contributed by atoms with E-state index in [0.29, 0.717) is 24.3 Å². The van der Waals surface area contributed by atoms with E-state index in [1.807, 2.05) is 0 Å². The third-order valence-electron chi connectivity index (χ3n) is 2.47. The molecule has 5 nitrogen and oxygen atoms in total. The Kier molecular flexibility index (Phi) is 2.28. The van der Waals surface area contributed by atoms with Gasteiger partial charge in [0.05, 0.1) is 12.6 Å². The minimum absolute atomic E-state index is 0.299. The molecule has 72 valence electrons. The molecule has 2 N–H and O–H groups in total. The van der Waals surface area contributed by atoms with Gasteiger partial charge in [0.15, 0.2) is 5.82 Å². The molecule has 0 unspecified atom stereocenters. The molecular formula is C8H14N4O. The highest BCUT2D eigenvalue weighted by atomic mass is 16.5. The first-order chi connectivity index (χ1) is 6.31. The van der Waals surface area contributed by atoms with E-state index in [-0.39, 0.29) is 0 Å². The Morgan fingerprint density at radius 3 is 3.08 bits per heavy atom. The van der Waals surface area contributed by atoms with E-state index >= 15 is 0 Å². The predicted molar refractivity (Wildman–Crippen MR) is 46.8 cm³/mol. The van der Waals surface area contributed by atoms with E-state index in [1.54, 1.807) is 0 Å². The van der Waals surface area contributed by atoms with E-state index < -0.39 is 0 Å². The molecule has 0 radical (unpaired) electrons. The number of rotatable bonds is 2. The van der Waals surface area contributed by atoms with Gasteiger partial charge in [0.1, 0.15) is 0 Å². The first-order valence-electron chi connectivity index (χ1n) is 4.54. The van der Waals surface area contributed by atoms with Gasteiger partial charge in [0, 0.05) is 0 Å². The highest BCUT2D eigenvalue weighted by Gasteiger charge is 2.27. The summed E-state index contributed by atoms with van der Waals surface area (Å²) in [5, 5.41) is 3.78. The fraction of sp³-hybridized carbons (Fsp3) is 0.750. The van der Waals surface area contributed by atoms with Gasteiger partial charge in [-0.1, -0.05) is 5.16 Å². The van der Waals surface area contributed by atoms with Crippen molar-refractivity contribution < 1.29 is 4.52 Å². The summed E-state index contributed by atoms with van der Waals surface area (Å²) in [6.07, 6.45) is 2.30. The van der Waals surface area contributed by atoms with E-state index in [0.717, 1.165) is 13.0 Å². The van der Waals surface area contributed by atoms with Crippen LogP contribution in [0.1, 0.15) is 30.6 Å². The molecule has 0 aromatic carbocycles. The van der Waals surface area contributed by atoms with Crippen molar-refractivity contribution in [3.8, 4) is 0 Å². The molecule has 13 heavy (non-hydrogen) atoms. The quantitative estimate of drug-likeness (QED) is 0.712. The van der Waals surface area contributed by atoms with Crippen molar-refractivity contribution in [2.24, 2.45) is 5.73 Å². The summed E-state index contributed by atoms with van der Waals surface area (Å²) in [4.78, 5) is 6.45. The van der Waals surface area contributed by atoms with Crippen molar-refractivity contribution in [3.63, 3.8) is 0 Å². The number of hydrogen-bond donors (Lipinski definition) is 1. The molecule has 5 heteroatoms. The molecule has 0 saturated carbocycles. The Labute approximate surface area is 76.9 Å². The van der Waals surface area contributed by atoms with E-state index in [9.17, 15) is 0 Å². The summed E-state index contributed by atoms with van der Waals surface area (Å²) in [5.74, 6) is 1.30. The van der Waals surface area contributed by atoms with Crippen molar-refractivity contribution >= 4 is 0 Å². The van der Waals surface area contributed by atoms with Gasteiger partial charge in [-0.15, -0.1) is 0 Å². The van der Waals surface area contributed by atoms with Gasteiger partial charge in [-0.05, 0) is 26.4 Å². The maximum atomic E-state index is 5.40. The molecule has 2 rings (SSSR count). The van der Waals surface area contributed by atoms with Gasteiger partial charge in [-0.3, -0.25) is 4.90 Å². The van der Waals surface area contributed by atoms with Crippen LogP contribution in [0.15, 0.2) is 4.52 Å². The lowest BCUT2D eigenvalue weighted by Crippen LogP contribution is -2.17. The van der Waals surface area contributed by atoms with Crippen LogP contribution in [0, 0.1) is 0 Å². The maximum absolute atomic E-state index is 5.40. The first-order valence-corrected chi connectivity index (χ1v) is 4.54. The second kappa shape index (κ2) is 3.43. The standard InChI is InChI=1S/C8H14N4O/c1-12-4-2-3-6(12)8-10-7(5-9)11-13-8/h6H,2-5,9H2,1H3/t6-/m0/s1. The van der Waals surface area contributed by atoms with Crippen molar-refractivity contribution in [2.45, 2.75) is 25.4 Å². The normalized spacial score (nSPS) is 24.0. The van der Waals surface area contributed by atoms with Crippen LogP contribution in [0.2, 0.25) is 0 Å². The monoisotopic (exact) mass is 182 g/mol. The molecule has 1 aromatic rings. The second-order valence-electron chi connectivity index (χ2n) is 3.39. The minimum Gasteiger partial charge on any atom is -0.338 e. The molecule has 1 fully saturated rings. The fourth-order valence-electron chi connectivity index (χ4n) is 1.71. The first kappa shape index (κ1) is 8.65. The second-order valence-corrected chi connectivity index (χ2v) is 3.39. The van der Waals surface area contributed by atoms with E-state index in [4.69, 9.17) is 10.3 Å². The summed E-state index contributed by atoms with van der Waals surface area (Å²) in [6.45, 7) is 1.45. The summed E-state index contributed by atoms with van der Waals surface area (Å²) in [6, 6.07) is 0.299. The molecule has 1 aliphatic rings. The molecule has 1 aromatic heterocycles. The lowest BCUT2D eigenvalue weighted by molar-refractivity contribution is 0.244.